The molecular weight excluding hydrogens is 637 g/mol. The Kier molecular flexibility index (Phi) is 15.3. The molecule has 0 aliphatic heterocycles. The Labute approximate surface area is 261 Å². The number of aliphatic hydroxyl groups excluding tert-OH is 6. The van der Waals surface area contributed by atoms with Crippen molar-refractivity contribution in [2.24, 2.45) is 32.5 Å². The quantitative estimate of drug-likeness (QED) is 0.117. The van der Waals surface area contributed by atoms with Crippen LogP contribution < -0.4 is 0 Å². The molecule has 6 atom stereocenters. The van der Waals surface area contributed by atoms with Gasteiger partial charge in [0.15, 0.2) is 0 Å². The molecule has 0 saturated heterocycles. The van der Waals surface area contributed by atoms with Gasteiger partial charge in [-0.05, 0) is 0 Å². The van der Waals surface area contributed by atoms with Crippen LogP contribution in [0.15, 0.2) is 0 Å². The molecule has 0 aromatic rings. The number of hydrogen-bond donors (Lipinski definition) is 6. The fraction of sp³-hybridized carbons (Fsp3) is 1.00. The average Bonchev–Trinajstić information content (AvgIpc) is 2.70. The summed E-state index contributed by atoms with van der Waals surface area (Å²) in [6.07, 6.45) is -2.95. The van der Waals surface area contributed by atoms with Crippen LogP contribution in [0.5, 0.6) is 0 Å². The summed E-state index contributed by atoms with van der Waals surface area (Å²) in [6.45, 7) is 30.3. The monoisotopic (exact) mass is 703 g/mol. The summed E-state index contributed by atoms with van der Waals surface area (Å²) in [4.78, 5) is 0. The Bertz CT molecular complexity index is 644. The van der Waals surface area contributed by atoms with E-state index in [2.05, 4.69) is 41.5 Å². The molecule has 0 radical (unpaired) electrons. The number of aliphatic hydroxyl groups is 6. The molecule has 0 aromatic carbocycles. The molecule has 0 amide bonds. The van der Waals surface area contributed by atoms with Crippen molar-refractivity contribution in [3.8, 4) is 0 Å². The van der Waals surface area contributed by atoms with Crippen molar-refractivity contribution in [2.75, 3.05) is 0 Å². The van der Waals surface area contributed by atoms with Gasteiger partial charge in [0.2, 0.25) is 0 Å². The van der Waals surface area contributed by atoms with Gasteiger partial charge in [-0.1, -0.05) is 0 Å². The fourth-order valence-electron chi connectivity index (χ4n) is 5.13. The molecule has 0 bridgehead atoms. The topological polar surface area (TPSA) is 121 Å². The maximum absolute atomic E-state index is 11.3. The Hall–Kier alpha value is 1.11. The Morgan fingerprint density at radius 3 is 0.675 bits per heavy atom. The van der Waals surface area contributed by atoms with E-state index < -0.39 is 87.5 Å². The molecule has 40 heavy (non-hydrogen) atoms. The molecule has 0 rings (SSSR count). The van der Waals surface area contributed by atoms with Crippen LogP contribution in [-0.2, 0) is 0 Å². The first-order valence-electron chi connectivity index (χ1n) is 15.4. The van der Waals surface area contributed by atoms with E-state index in [1.54, 1.807) is 0 Å². The third kappa shape index (κ3) is 13.8. The summed E-state index contributed by atoms with van der Waals surface area (Å²) in [5.74, 6) is 0. The van der Waals surface area contributed by atoms with Crippen molar-refractivity contribution in [3.63, 3.8) is 0 Å². The van der Waals surface area contributed by atoms with Crippen LogP contribution in [0.2, 0.25) is 6.21 Å². The van der Waals surface area contributed by atoms with Gasteiger partial charge in [-0.3, -0.25) is 0 Å². The Balaban J connectivity index is 6.10. The molecule has 6 unspecified atom stereocenters. The maximum atomic E-state index is 11.3. The van der Waals surface area contributed by atoms with Gasteiger partial charge in [0.05, 0.1) is 0 Å². The minimum absolute atomic E-state index is 0.309. The van der Waals surface area contributed by atoms with Gasteiger partial charge in [0.1, 0.15) is 0 Å². The predicted molar refractivity (Wildman–Crippen MR) is 164 cm³/mol. The van der Waals surface area contributed by atoms with Crippen molar-refractivity contribution in [3.05, 3.63) is 0 Å². The molecule has 7 heteroatoms. The predicted octanol–water partition coefficient (Wildman–Crippen LogP) is 6.41. The Morgan fingerprint density at radius 2 is 0.525 bits per heavy atom. The molecule has 0 spiro atoms. The average molecular weight is 706 g/mol. The summed E-state index contributed by atoms with van der Waals surface area (Å²) >= 11 is -2.72. The van der Waals surface area contributed by atoms with Crippen LogP contribution in [0.4, 0.5) is 0 Å². The van der Waals surface area contributed by atoms with E-state index in [9.17, 15) is 30.6 Å². The van der Waals surface area contributed by atoms with Crippen LogP contribution >= 0.6 is 0 Å². The van der Waals surface area contributed by atoms with Crippen LogP contribution in [-0.4, -0.2) is 67.3 Å². The van der Waals surface area contributed by atoms with E-state index in [4.69, 9.17) is 0 Å². The van der Waals surface area contributed by atoms with Crippen LogP contribution in [0, 0.1) is 67.1 Å². The molecule has 0 saturated carbocycles. The van der Waals surface area contributed by atoms with E-state index in [1.165, 1.54) is 0 Å². The van der Waals surface area contributed by atoms with Gasteiger partial charge in [0, 0.05) is 0 Å². The molecule has 6 nitrogen and oxygen atoms in total. The van der Waals surface area contributed by atoms with Gasteiger partial charge >= 0.3 is 264 Å². The van der Waals surface area contributed by atoms with E-state index >= 15 is 0 Å². The number of rotatable bonds is 15. The first-order chi connectivity index (χ1) is 17.4. The molecule has 0 aliphatic rings. The van der Waals surface area contributed by atoms with Crippen molar-refractivity contribution < 1.29 is 65.3 Å². The van der Waals surface area contributed by atoms with Crippen molar-refractivity contribution in [1.29, 1.82) is 0 Å². The van der Waals surface area contributed by atoms with Crippen LogP contribution in [0.1, 0.15) is 123 Å². The van der Waals surface area contributed by atoms with Crippen molar-refractivity contribution >= 4 is 0 Å². The van der Waals surface area contributed by atoms with Gasteiger partial charge in [-0.15, -0.1) is 0 Å². The second kappa shape index (κ2) is 14.9. The molecule has 6 N–H and O–H groups in total. The fourth-order valence-corrected chi connectivity index (χ4v) is 21.0. The van der Waals surface area contributed by atoms with Crippen LogP contribution in [0.3, 0.4) is 0 Å². The zero-order valence-corrected chi connectivity index (χ0v) is 32.1. The summed E-state index contributed by atoms with van der Waals surface area (Å²) in [5.41, 5.74) is -2.23. The van der Waals surface area contributed by atoms with E-state index in [0.29, 0.717) is 19.3 Å². The first-order valence-corrected chi connectivity index (χ1v) is 22.2. The second-order valence-corrected chi connectivity index (χ2v) is 26.4. The van der Waals surface area contributed by atoms with Gasteiger partial charge in [0.25, 0.3) is 0 Å². The summed E-state index contributed by atoms with van der Waals surface area (Å²) < 4.78 is 2.56. The van der Waals surface area contributed by atoms with Gasteiger partial charge in [-0.25, -0.2) is 0 Å². The third-order valence-corrected chi connectivity index (χ3v) is 22.7. The molecule has 241 valence electrons. The van der Waals surface area contributed by atoms with E-state index in [1.807, 2.05) is 62.3 Å². The first kappa shape index (κ1) is 41.1. The zero-order valence-electron chi connectivity index (χ0n) is 28.9. The van der Waals surface area contributed by atoms with Crippen LogP contribution in [0.25, 0.3) is 0 Å². The molecule has 0 aliphatic carbocycles. The van der Waals surface area contributed by atoms with Gasteiger partial charge in [-0.2, -0.15) is 0 Å². The minimum atomic E-state index is -2.72. The van der Waals surface area contributed by atoms with Crippen molar-refractivity contribution in [2.45, 2.75) is 166 Å². The number of hydrogen-bond acceptors (Lipinski definition) is 6. The third-order valence-electron chi connectivity index (χ3n) is 9.16. The van der Waals surface area contributed by atoms with Gasteiger partial charge < -0.3 is 0 Å². The summed E-state index contributed by atoms with van der Waals surface area (Å²) in [7, 11) is 0. The molecule has 0 aromatic heterocycles. The second-order valence-electron chi connectivity index (χ2n) is 18.1. The van der Waals surface area contributed by atoms with E-state index in [0.717, 1.165) is 6.21 Å². The van der Waals surface area contributed by atoms with E-state index in [-0.39, 0.29) is 16.2 Å². The zero-order chi connectivity index (χ0) is 32.3. The Morgan fingerprint density at radius 1 is 0.350 bits per heavy atom. The molecule has 0 fully saturated rings. The summed E-state index contributed by atoms with van der Waals surface area (Å²) in [5, 5.41) is 66.0. The molecular formula is C33H69NdO6. The normalized spacial score (nSPS) is 19.1. The molecule has 0 heterocycles. The van der Waals surface area contributed by atoms with Crippen molar-refractivity contribution in [1.82, 2.24) is 0 Å². The standard InChI is InChI=1S/3C11H23O2.Nd/c3*1-10(2,3)8(12)7-9(13)11(4,5)6;/h3*8-9,12-13H,1,7H2,2-6H3;. The SMILES string of the molecule is CC(C)(C)C(O)CC(O)C(C)(C)[CH2][Nd]([CH2]C(C)(C)C(O)CC(O)C(C)(C)C)[CH2]C(C)(C)C(O)CC(O)C(C)(C)C. The summed E-state index contributed by atoms with van der Waals surface area (Å²) in [6, 6.07) is 0.